The summed E-state index contributed by atoms with van der Waals surface area (Å²) in [5, 5.41) is 6.51. The molecule has 0 unspecified atom stereocenters. The molecule has 0 saturated heterocycles. The van der Waals surface area contributed by atoms with Crippen LogP contribution in [0.2, 0.25) is 0 Å². The van der Waals surface area contributed by atoms with Gasteiger partial charge in [-0.3, -0.25) is 0 Å². The maximum Gasteiger partial charge on any atom is 0.191 e. The summed E-state index contributed by atoms with van der Waals surface area (Å²) in [5.74, 6) is 1.70. The smallest absolute Gasteiger partial charge is 0.191 e. The van der Waals surface area contributed by atoms with Crippen molar-refractivity contribution in [2.75, 3.05) is 33.9 Å². The first-order valence-electron chi connectivity index (χ1n) is 6.94. The van der Waals surface area contributed by atoms with Gasteiger partial charge in [-0.2, -0.15) is 0 Å². The van der Waals surface area contributed by atoms with E-state index in [-0.39, 0.29) is 0 Å². The molecule has 2 N–H and O–H groups in total. The highest BCUT2D eigenvalue weighted by Crippen LogP contribution is 2.11. The summed E-state index contributed by atoms with van der Waals surface area (Å²) in [4.78, 5) is 4.55. The summed E-state index contributed by atoms with van der Waals surface area (Å²) in [6, 6.07) is 7.95. The van der Waals surface area contributed by atoms with E-state index in [1.54, 1.807) is 14.2 Å². The van der Waals surface area contributed by atoms with Gasteiger partial charge in [0.2, 0.25) is 0 Å². The molecular weight excluding hydrogens is 254 g/mol. The monoisotopic (exact) mass is 279 g/mol. The molecule has 0 bridgehead atoms. The minimum atomic E-state index is 0.642. The zero-order chi connectivity index (χ0) is 14.6. The predicted octanol–water partition coefficient (Wildman–Crippen LogP) is 1.79. The molecule has 5 nitrogen and oxygen atoms in total. The van der Waals surface area contributed by atoms with Crippen molar-refractivity contribution in [3.8, 4) is 5.75 Å². The van der Waals surface area contributed by atoms with Crippen LogP contribution in [0.25, 0.3) is 0 Å². The second kappa shape index (κ2) is 10.1. The minimum Gasteiger partial charge on any atom is -0.497 e. The third-order valence-electron chi connectivity index (χ3n) is 2.74. The predicted molar refractivity (Wildman–Crippen MR) is 82.3 cm³/mol. The van der Waals surface area contributed by atoms with Crippen LogP contribution in [0.15, 0.2) is 29.3 Å². The van der Waals surface area contributed by atoms with E-state index >= 15 is 0 Å². The molecule has 0 aromatic heterocycles. The summed E-state index contributed by atoms with van der Waals surface area (Å²) in [6.45, 7) is 5.15. The number of methoxy groups -OCH3 is 2. The van der Waals surface area contributed by atoms with Crippen molar-refractivity contribution in [1.82, 2.24) is 10.6 Å². The Morgan fingerprint density at radius 1 is 1.15 bits per heavy atom. The van der Waals surface area contributed by atoms with Crippen LogP contribution < -0.4 is 15.4 Å². The number of rotatable bonds is 8. The third kappa shape index (κ3) is 6.43. The van der Waals surface area contributed by atoms with E-state index in [1.807, 2.05) is 24.3 Å². The number of guanidine groups is 1. The number of ether oxygens (including phenoxy) is 2. The van der Waals surface area contributed by atoms with Crippen LogP contribution in [0, 0.1) is 0 Å². The Labute approximate surface area is 121 Å². The lowest BCUT2D eigenvalue weighted by atomic mass is 10.2. The lowest BCUT2D eigenvalue weighted by Gasteiger charge is -2.11. The largest absolute Gasteiger partial charge is 0.497 e. The number of hydrogen-bond donors (Lipinski definition) is 2. The van der Waals surface area contributed by atoms with Crippen LogP contribution in [0.3, 0.4) is 0 Å². The topological polar surface area (TPSA) is 54.9 Å². The molecule has 0 spiro atoms. The van der Waals surface area contributed by atoms with E-state index in [0.29, 0.717) is 6.54 Å². The zero-order valence-corrected chi connectivity index (χ0v) is 12.6. The Bertz CT molecular complexity index is 391. The van der Waals surface area contributed by atoms with Crippen molar-refractivity contribution in [2.24, 2.45) is 4.99 Å². The maximum atomic E-state index is 5.14. The second-order valence-electron chi connectivity index (χ2n) is 4.32. The highest BCUT2D eigenvalue weighted by molar-refractivity contribution is 5.79. The molecule has 112 valence electrons. The minimum absolute atomic E-state index is 0.642. The lowest BCUT2D eigenvalue weighted by Crippen LogP contribution is -2.38. The van der Waals surface area contributed by atoms with Crippen molar-refractivity contribution in [3.63, 3.8) is 0 Å². The van der Waals surface area contributed by atoms with Crippen LogP contribution in [-0.4, -0.2) is 39.9 Å². The molecule has 5 heteroatoms. The molecule has 1 aromatic carbocycles. The number of aliphatic imine (C=N–C) groups is 1. The molecule has 0 amide bonds. The van der Waals surface area contributed by atoms with Gasteiger partial charge < -0.3 is 20.1 Å². The summed E-state index contributed by atoms with van der Waals surface area (Å²) in [6.07, 6.45) is 0.962. The van der Waals surface area contributed by atoms with Gasteiger partial charge in [0.1, 0.15) is 5.75 Å². The first-order chi connectivity index (χ1) is 9.80. The van der Waals surface area contributed by atoms with E-state index in [9.17, 15) is 0 Å². The Morgan fingerprint density at radius 2 is 1.90 bits per heavy atom. The third-order valence-corrected chi connectivity index (χ3v) is 2.74. The van der Waals surface area contributed by atoms with Crippen LogP contribution in [0.4, 0.5) is 0 Å². The maximum absolute atomic E-state index is 5.14. The SMILES string of the molecule is CCNC(=NCc1ccc(OC)cc1)NCCCOC. The molecule has 0 saturated carbocycles. The standard InChI is InChI=1S/C15H25N3O2/c1-4-16-15(17-10-5-11-19-2)18-12-13-6-8-14(20-3)9-7-13/h6-9H,4-5,10-12H2,1-3H3,(H2,16,17,18). The highest BCUT2D eigenvalue weighted by atomic mass is 16.5. The van der Waals surface area contributed by atoms with E-state index in [4.69, 9.17) is 9.47 Å². The summed E-state index contributed by atoms with van der Waals surface area (Å²) < 4.78 is 10.2. The van der Waals surface area contributed by atoms with Crippen molar-refractivity contribution < 1.29 is 9.47 Å². The molecule has 0 radical (unpaired) electrons. The fraction of sp³-hybridized carbons (Fsp3) is 0.533. The number of nitrogens with one attached hydrogen (secondary N) is 2. The summed E-state index contributed by atoms with van der Waals surface area (Å²) in [7, 11) is 3.38. The first-order valence-corrected chi connectivity index (χ1v) is 6.94. The van der Waals surface area contributed by atoms with Crippen molar-refractivity contribution in [3.05, 3.63) is 29.8 Å². The van der Waals surface area contributed by atoms with Crippen LogP contribution in [-0.2, 0) is 11.3 Å². The molecule has 20 heavy (non-hydrogen) atoms. The number of hydrogen-bond acceptors (Lipinski definition) is 3. The van der Waals surface area contributed by atoms with Gasteiger partial charge in [-0.05, 0) is 31.0 Å². The molecular formula is C15H25N3O2. The molecule has 1 rings (SSSR count). The van der Waals surface area contributed by atoms with Crippen molar-refractivity contribution in [1.29, 1.82) is 0 Å². The van der Waals surface area contributed by atoms with Gasteiger partial charge in [0.15, 0.2) is 5.96 Å². The second-order valence-corrected chi connectivity index (χ2v) is 4.32. The van der Waals surface area contributed by atoms with Gasteiger partial charge in [-0.25, -0.2) is 4.99 Å². The average Bonchev–Trinajstić information content (AvgIpc) is 2.49. The molecule has 0 fully saturated rings. The highest BCUT2D eigenvalue weighted by Gasteiger charge is 1.98. The Balaban J connectivity index is 2.47. The van der Waals surface area contributed by atoms with Crippen LogP contribution >= 0.6 is 0 Å². The molecule has 0 aliphatic carbocycles. The van der Waals surface area contributed by atoms with E-state index < -0.39 is 0 Å². The quantitative estimate of drug-likeness (QED) is 0.433. The Kier molecular flexibility index (Phi) is 8.22. The van der Waals surface area contributed by atoms with Gasteiger partial charge in [0, 0.05) is 26.8 Å². The van der Waals surface area contributed by atoms with E-state index in [2.05, 4.69) is 22.5 Å². The summed E-state index contributed by atoms with van der Waals surface area (Å²) in [5.41, 5.74) is 1.15. The van der Waals surface area contributed by atoms with Gasteiger partial charge in [-0.1, -0.05) is 12.1 Å². The number of benzene rings is 1. The fourth-order valence-electron chi connectivity index (χ4n) is 1.67. The normalized spacial score (nSPS) is 11.2. The molecule has 1 aromatic rings. The lowest BCUT2D eigenvalue weighted by molar-refractivity contribution is 0.195. The van der Waals surface area contributed by atoms with E-state index in [1.165, 1.54) is 0 Å². The van der Waals surface area contributed by atoms with Gasteiger partial charge >= 0.3 is 0 Å². The van der Waals surface area contributed by atoms with Crippen molar-refractivity contribution >= 4 is 5.96 Å². The van der Waals surface area contributed by atoms with Gasteiger partial charge in [0.25, 0.3) is 0 Å². The van der Waals surface area contributed by atoms with E-state index in [0.717, 1.165) is 43.4 Å². The summed E-state index contributed by atoms with van der Waals surface area (Å²) >= 11 is 0. The molecule has 0 aliphatic heterocycles. The van der Waals surface area contributed by atoms with Crippen molar-refractivity contribution in [2.45, 2.75) is 19.9 Å². The molecule has 0 atom stereocenters. The van der Waals surface area contributed by atoms with Gasteiger partial charge in [0.05, 0.1) is 13.7 Å². The van der Waals surface area contributed by atoms with Crippen LogP contribution in [0.5, 0.6) is 5.75 Å². The van der Waals surface area contributed by atoms with Gasteiger partial charge in [-0.15, -0.1) is 0 Å². The van der Waals surface area contributed by atoms with Crippen LogP contribution in [0.1, 0.15) is 18.9 Å². The Hall–Kier alpha value is -1.75. The Morgan fingerprint density at radius 3 is 2.50 bits per heavy atom. The molecule has 0 heterocycles. The zero-order valence-electron chi connectivity index (χ0n) is 12.6. The molecule has 0 aliphatic rings. The fourth-order valence-corrected chi connectivity index (χ4v) is 1.67. The first kappa shape index (κ1) is 16.3. The average molecular weight is 279 g/mol. The number of nitrogens with zero attached hydrogens (tertiary/aromatic N) is 1.